The fraction of sp³-hybridized carbons (Fsp3) is 0.636. The molecule has 0 bridgehead atoms. The SMILES string of the molecule is CCc1nc(C2CCCCN2)c(C(=O)O)o1. The van der Waals surface area contributed by atoms with Crippen LogP contribution in [0.1, 0.15) is 54.4 Å². The standard InChI is InChI=1S/C11H16N2O3/c1-2-8-13-9(10(16-8)11(14)15)7-5-3-4-6-12-7/h7,12H,2-6H2,1H3,(H,14,15). The van der Waals surface area contributed by atoms with E-state index in [4.69, 9.17) is 9.52 Å². The van der Waals surface area contributed by atoms with Crippen molar-refractivity contribution >= 4 is 5.97 Å². The van der Waals surface area contributed by atoms with E-state index in [9.17, 15) is 4.79 Å². The topological polar surface area (TPSA) is 75.4 Å². The molecule has 16 heavy (non-hydrogen) atoms. The second-order valence-corrected chi connectivity index (χ2v) is 3.98. The molecule has 1 aliphatic heterocycles. The molecular formula is C11H16N2O3. The molecule has 1 atom stereocenters. The lowest BCUT2D eigenvalue weighted by molar-refractivity contribution is 0.0657. The first-order valence-corrected chi connectivity index (χ1v) is 5.68. The zero-order valence-electron chi connectivity index (χ0n) is 9.32. The van der Waals surface area contributed by atoms with Crippen molar-refractivity contribution in [1.29, 1.82) is 0 Å². The van der Waals surface area contributed by atoms with Gasteiger partial charge in [-0.25, -0.2) is 9.78 Å². The molecule has 5 heteroatoms. The molecule has 0 radical (unpaired) electrons. The number of piperidine rings is 1. The summed E-state index contributed by atoms with van der Waals surface area (Å²) >= 11 is 0. The summed E-state index contributed by atoms with van der Waals surface area (Å²) in [5.41, 5.74) is 0.559. The summed E-state index contributed by atoms with van der Waals surface area (Å²) in [6, 6.07) is 0.0314. The van der Waals surface area contributed by atoms with Crippen LogP contribution in [0.2, 0.25) is 0 Å². The molecule has 0 amide bonds. The van der Waals surface area contributed by atoms with Gasteiger partial charge < -0.3 is 14.8 Å². The Kier molecular flexibility index (Phi) is 3.24. The summed E-state index contributed by atoms with van der Waals surface area (Å²) < 4.78 is 5.23. The minimum absolute atomic E-state index is 0.00347. The first-order chi connectivity index (χ1) is 7.72. The van der Waals surface area contributed by atoms with Crippen LogP contribution in [-0.4, -0.2) is 22.6 Å². The number of carboxylic acids is 1. The van der Waals surface area contributed by atoms with Gasteiger partial charge in [-0.1, -0.05) is 13.3 Å². The van der Waals surface area contributed by atoms with Crippen LogP contribution in [0.15, 0.2) is 4.42 Å². The zero-order valence-corrected chi connectivity index (χ0v) is 9.32. The van der Waals surface area contributed by atoms with E-state index in [1.807, 2.05) is 6.92 Å². The molecule has 0 aromatic carbocycles. The highest BCUT2D eigenvalue weighted by molar-refractivity contribution is 5.85. The van der Waals surface area contributed by atoms with Crippen LogP contribution in [0.5, 0.6) is 0 Å². The largest absolute Gasteiger partial charge is 0.475 e. The van der Waals surface area contributed by atoms with Crippen LogP contribution < -0.4 is 5.32 Å². The van der Waals surface area contributed by atoms with Gasteiger partial charge in [-0.05, 0) is 19.4 Å². The number of nitrogens with zero attached hydrogens (tertiary/aromatic N) is 1. The molecule has 88 valence electrons. The Hall–Kier alpha value is -1.36. The normalized spacial score (nSPS) is 20.9. The summed E-state index contributed by atoms with van der Waals surface area (Å²) in [5.74, 6) is -0.536. The van der Waals surface area contributed by atoms with Crippen molar-refractivity contribution < 1.29 is 14.3 Å². The molecule has 1 aromatic heterocycles. The second kappa shape index (κ2) is 4.65. The molecular weight excluding hydrogens is 208 g/mol. The molecule has 5 nitrogen and oxygen atoms in total. The van der Waals surface area contributed by atoms with Gasteiger partial charge >= 0.3 is 5.97 Å². The number of aryl methyl sites for hydroxylation is 1. The van der Waals surface area contributed by atoms with E-state index in [1.54, 1.807) is 0 Å². The molecule has 1 fully saturated rings. The number of carbonyl (C=O) groups is 1. The second-order valence-electron chi connectivity index (χ2n) is 3.98. The minimum Gasteiger partial charge on any atom is -0.475 e. The first kappa shape index (κ1) is 11.1. The zero-order chi connectivity index (χ0) is 11.5. The van der Waals surface area contributed by atoms with Gasteiger partial charge in [-0.3, -0.25) is 0 Å². The predicted octanol–water partition coefficient (Wildman–Crippen LogP) is 1.75. The number of aromatic carboxylic acids is 1. The van der Waals surface area contributed by atoms with Crippen molar-refractivity contribution in [2.24, 2.45) is 0 Å². The molecule has 0 aliphatic carbocycles. The Morgan fingerprint density at radius 3 is 3.00 bits per heavy atom. The number of hydrogen-bond acceptors (Lipinski definition) is 4. The van der Waals surface area contributed by atoms with Crippen LogP contribution in [0, 0.1) is 0 Å². The lowest BCUT2D eigenvalue weighted by atomic mass is 10.0. The average molecular weight is 224 g/mol. The fourth-order valence-corrected chi connectivity index (χ4v) is 2.00. The Labute approximate surface area is 93.9 Å². The third-order valence-electron chi connectivity index (χ3n) is 2.83. The number of oxazole rings is 1. The van der Waals surface area contributed by atoms with Crippen molar-refractivity contribution in [2.45, 2.75) is 38.6 Å². The smallest absolute Gasteiger partial charge is 0.373 e. The van der Waals surface area contributed by atoms with E-state index >= 15 is 0 Å². The molecule has 1 saturated heterocycles. The number of hydrogen-bond donors (Lipinski definition) is 2. The van der Waals surface area contributed by atoms with Crippen LogP contribution in [0.4, 0.5) is 0 Å². The van der Waals surface area contributed by atoms with E-state index in [1.165, 1.54) is 0 Å². The van der Waals surface area contributed by atoms with Crippen LogP contribution in [0.3, 0.4) is 0 Å². The van der Waals surface area contributed by atoms with Gasteiger partial charge in [-0.15, -0.1) is 0 Å². The van der Waals surface area contributed by atoms with Gasteiger partial charge in [-0.2, -0.15) is 0 Å². The molecule has 1 aliphatic rings. The molecule has 2 rings (SSSR count). The third-order valence-corrected chi connectivity index (χ3v) is 2.83. The maximum atomic E-state index is 11.0. The van der Waals surface area contributed by atoms with E-state index in [0.29, 0.717) is 18.0 Å². The van der Waals surface area contributed by atoms with E-state index in [-0.39, 0.29) is 11.8 Å². The monoisotopic (exact) mass is 224 g/mol. The highest BCUT2D eigenvalue weighted by Gasteiger charge is 2.26. The quantitative estimate of drug-likeness (QED) is 0.818. The maximum absolute atomic E-state index is 11.0. The number of rotatable bonds is 3. The van der Waals surface area contributed by atoms with Crippen molar-refractivity contribution in [1.82, 2.24) is 10.3 Å². The Morgan fingerprint density at radius 1 is 1.62 bits per heavy atom. The molecule has 2 N–H and O–H groups in total. The summed E-state index contributed by atoms with van der Waals surface area (Å²) in [6.07, 6.45) is 3.78. The van der Waals surface area contributed by atoms with Crippen molar-refractivity contribution in [3.8, 4) is 0 Å². The van der Waals surface area contributed by atoms with Crippen LogP contribution in [-0.2, 0) is 6.42 Å². The van der Waals surface area contributed by atoms with Crippen molar-refractivity contribution in [2.75, 3.05) is 6.54 Å². The van der Waals surface area contributed by atoms with E-state index in [2.05, 4.69) is 10.3 Å². The molecule has 1 unspecified atom stereocenters. The van der Waals surface area contributed by atoms with Crippen molar-refractivity contribution in [3.63, 3.8) is 0 Å². The number of nitrogens with one attached hydrogen (secondary N) is 1. The molecule has 2 heterocycles. The highest BCUT2D eigenvalue weighted by atomic mass is 16.4. The summed E-state index contributed by atoms with van der Waals surface area (Å²) in [5, 5.41) is 12.3. The predicted molar refractivity (Wildman–Crippen MR) is 57.4 cm³/mol. The highest BCUT2D eigenvalue weighted by Crippen LogP contribution is 2.26. The Balaban J connectivity index is 2.29. The molecule has 1 aromatic rings. The minimum atomic E-state index is -1.03. The molecule has 0 spiro atoms. The summed E-state index contributed by atoms with van der Waals surface area (Å²) in [4.78, 5) is 15.3. The van der Waals surface area contributed by atoms with Gasteiger partial charge in [0.05, 0.1) is 6.04 Å². The third kappa shape index (κ3) is 2.09. The van der Waals surface area contributed by atoms with Crippen LogP contribution >= 0.6 is 0 Å². The lowest BCUT2D eigenvalue weighted by Gasteiger charge is -2.21. The molecule has 0 saturated carbocycles. The Morgan fingerprint density at radius 2 is 2.44 bits per heavy atom. The van der Waals surface area contributed by atoms with Gasteiger partial charge in [0, 0.05) is 6.42 Å². The lowest BCUT2D eigenvalue weighted by Crippen LogP contribution is -2.28. The first-order valence-electron chi connectivity index (χ1n) is 5.68. The van der Waals surface area contributed by atoms with Gasteiger partial charge in [0.1, 0.15) is 5.69 Å². The fourth-order valence-electron chi connectivity index (χ4n) is 2.00. The van der Waals surface area contributed by atoms with E-state index in [0.717, 1.165) is 25.8 Å². The summed E-state index contributed by atoms with van der Waals surface area (Å²) in [7, 11) is 0. The van der Waals surface area contributed by atoms with Gasteiger partial charge in [0.15, 0.2) is 5.89 Å². The van der Waals surface area contributed by atoms with Crippen LogP contribution in [0.25, 0.3) is 0 Å². The Bertz CT molecular complexity index is 381. The average Bonchev–Trinajstić information content (AvgIpc) is 2.74. The summed E-state index contributed by atoms with van der Waals surface area (Å²) in [6.45, 7) is 2.81. The number of aromatic nitrogens is 1. The van der Waals surface area contributed by atoms with Gasteiger partial charge in [0.2, 0.25) is 5.76 Å². The maximum Gasteiger partial charge on any atom is 0.373 e. The van der Waals surface area contributed by atoms with E-state index < -0.39 is 5.97 Å². The van der Waals surface area contributed by atoms with Gasteiger partial charge in [0.25, 0.3) is 0 Å². The number of carboxylic acid groups (broad SMARTS) is 1. The van der Waals surface area contributed by atoms with Crippen molar-refractivity contribution in [3.05, 3.63) is 17.3 Å².